The first-order valence-electron chi connectivity index (χ1n) is 7.20. The van der Waals surface area contributed by atoms with Crippen molar-refractivity contribution in [3.8, 4) is 10.6 Å². The molecule has 1 saturated heterocycles. The molecule has 0 bridgehead atoms. The van der Waals surface area contributed by atoms with Crippen molar-refractivity contribution in [2.75, 3.05) is 11.5 Å². The Morgan fingerprint density at radius 1 is 1.33 bits per heavy atom. The van der Waals surface area contributed by atoms with Gasteiger partial charge in [0.15, 0.2) is 9.84 Å². The number of nitrogens with zero attached hydrogens (tertiary/aromatic N) is 1. The predicted molar refractivity (Wildman–Crippen MR) is 96.8 cm³/mol. The zero-order chi connectivity index (χ0) is 17.5. The van der Waals surface area contributed by atoms with Crippen molar-refractivity contribution in [3.63, 3.8) is 0 Å². The summed E-state index contributed by atoms with van der Waals surface area (Å²) in [6.45, 7) is 1.78. The number of aryl methyl sites for hydroxylation is 1. The van der Waals surface area contributed by atoms with Crippen molar-refractivity contribution in [2.45, 2.75) is 19.4 Å². The quantitative estimate of drug-likeness (QED) is 0.850. The van der Waals surface area contributed by atoms with E-state index in [0.29, 0.717) is 27.0 Å². The van der Waals surface area contributed by atoms with E-state index in [0.717, 1.165) is 4.88 Å². The molecular weight excluding hydrogens is 391 g/mol. The van der Waals surface area contributed by atoms with Gasteiger partial charge in [-0.15, -0.1) is 11.3 Å². The second-order valence-electron chi connectivity index (χ2n) is 5.59. The molecule has 1 aliphatic heterocycles. The second-order valence-corrected chi connectivity index (χ2v) is 9.84. The summed E-state index contributed by atoms with van der Waals surface area (Å²) in [6.07, 6.45) is 0.431. The first kappa shape index (κ1) is 17.7. The van der Waals surface area contributed by atoms with E-state index in [2.05, 4.69) is 10.3 Å². The van der Waals surface area contributed by atoms with Crippen LogP contribution in [0.25, 0.3) is 10.6 Å². The molecule has 2 aromatic rings. The van der Waals surface area contributed by atoms with Gasteiger partial charge in [0, 0.05) is 16.5 Å². The summed E-state index contributed by atoms with van der Waals surface area (Å²) in [4.78, 5) is 17.5. The smallest absolute Gasteiger partial charge is 0.271 e. The Morgan fingerprint density at radius 2 is 2.00 bits per heavy atom. The van der Waals surface area contributed by atoms with Crippen LogP contribution < -0.4 is 5.32 Å². The van der Waals surface area contributed by atoms with Crippen molar-refractivity contribution in [1.82, 2.24) is 10.3 Å². The lowest BCUT2D eigenvalue weighted by molar-refractivity contribution is 0.0936. The summed E-state index contributed by atoms with van der Waals surface area (Å²) >= 11 is 13.7. The van der Waals surface area contributed by atoms with Gasteiger partial charge in [0.25, 0.3) is 5.91 Å². The molecule has 1 fully saturated rings. The fourth-order valence-corrected chi connectivity index (χ4v) is 5.92. The van der Waals surface area contributed by atoms with Gasteiger partial charge in [0.2, 0.25) is 0 Å². The number of carbonyl (C=O) groups is 1. The highest BCUT2D eigenvalue weighted by Gasteiger charge is 2.30. The Morgan fingerprint density at radius 3 is 2.58 bits per heavy atom. The van der Waals surface area contributed by atoms with Crippen molar-refractivity contribution in [3.05, 3.63) is 38.8 Å². The molecule has 0 unspecified atom stereocenters. The molecule has 1 atom stereocenters. The van der Waals surface area contributed by atoms with Crippen LogP contribution in [0.15, 0.2) is 18.2 Å². The Balaban J connectivity index is 1.85. The number of hydrogen-bond acceptors (Lipinski definition) is 5. The number of halogens is 2. The van der Waals surface area contributed by atoms with Crippen LogP contribution in [0.4, 0.5) is 0 Å². The van der Waals surface area contributed by atoms with Crippen LogP contribution in [-0.4, -0.2) is 36.9 Å². The molecule has 9 heteroatoms. The van der Waals surface area contributed by atoms with Gasteiger partial charge in [-0.3, -0.25) is 4.79 Å². The molecule has 1 aromatic heterocycles. The molecule has 24 heavy (non-hydrogen) atoms. The van der Waals surface area contributed by atoms with Gasteiger partial charge < -0.3 is 5.32 Å². The zero-order valence-corrected chi connectivity index (χ0v) is 15.8. The maximum Gasteiger partial charge on any atom is 0.271 e. The second kappa shape index (κ2) is 6.63. The van der Waals surface area contributed by atoms with Gasteiger partial charge in [0.1, 0.15) is 10.7 Å². The number of rotatable bonds is 3. The van der Waals surface area contributed by atoms with Crippen LogP contribution >= 0.6 is 34.5 Å². The van der Waals surface area contributed by atoms with Crippen molar-refractivity contribution in [2.24, 2.45) is 0 Å². The molecule has 5 nitrogen and oxygen atoms in total. The van der Waals surface area contributed by atoms with Gasteiger partial charge in [-0.1, -0.05) is 29.3 Å². The largest absolute Gasteiger partial charge is 0.347 e. The molecule has 1 N–H and O–H groups in total. The normalized spacial score (nSPS) is 19.4. The Labute approximate surface area is 153 Å². The topological polar surface area (TPSA) is 76.1 Å². The molecule has 128 valence electrons. The minimum absolute atomic E-state index is 0.0227. The summed E-state index contributed by atoms with van der Waals surface area (Å²) < 4.78 is 23.0. The third kappa shape index (κ3) is 3.59. The fraction of sp³-hybridized carbons (Fsp3) is 0.333. The first-order chi connectivity index (χ1) is 11.3. The lowest BCUT2D eigenvalue weighted by Crippen LogP contribution is -2.36. The maximum atomic E-state index is 12.4. The highest BCUT2D eigenvalue weighted by atomic mass is 35.5. The SMILES string of the molecule is Cc1sc(-c2c(Cl)cccc2Cl)nc1C(=O)N[C@H]1CCS(=O)(=O)C1. The minimum atomic E-state index is -3.05. The van der Waals surface area contributed by atoms with Gasteiger partial charge in [-0.25, -0.2) is 13.4 Å². The number of amides is 1. The van der Waals surface area contributed by atoms with E-state index in [1.807, 2.05) is 0 Å². The van der Waals surface area contributed by atoms with Crippen LogP contribution in [0.1, 0.15) is 21.8 Å². The molecule has 0 saturated carbocycles. The Hall–Kier alpha value is -1.15. The van der Waals surface area contributed by atoms with Crippen LogP contribution in [0.3, 0.4) is 0 Å². The molecule has 2 heterocycles. The lowest BCUT2D eigenvalue weighted by Gasteiger charge is -2.09. The Kier molecular flexibility index (Phi) is 4.88. The van der Waals surface area contributed by atoms with Crippen molar-refractivity contribution < 1.29 is 13.2 Å². The molecule has 3 rings (SSSR count). The number of carbonyl (C=O) groups excluding carboxylic acids is 1. The molecular formula is C15H14Cl2N2O3S2. The average molecular weight is 405 g/mol. The maximum absolute atomic E-state index is 12.4. The van der Waals surface area contributed by atoms with Crippen LogP contribution in [0.2, 0.25) is 10.0 Å². The lowest BCUT2D eigenvalue weighted by atomic mass is 10.2. The standard InChI is InChI=1S/C15H14Cl2N2O3S2/c1-8-13(14(20)18-9-5-6-24(21,22)7-9)19-15(23-8)12-10(16)3-2-4-11(12)17/h2-4,9H,5-7H2,1H3,(H,18,20)/t9-/m0/s1. The number of nitrogens with one attached hydrogen (secondary N) is 1. The molecule has 1 aliphatic rings. The summed E-state index contributed by atoms with van der Waals surface area (Å²) in [7, 11) is -3.05. The third-order valence-electron chi connectivity index (χ3n) is 3.76. The van der Waals surface area contributed by atoms with Crippen molar-refractivity contribution in [1.29, 1.82) is 0 Å². The number of aromatic nitrogens is 1. The van der Waals surface area contributed by atoms with E-state index >= 15 is 0 Å². The number of hydrogen-bond donors (Lipinski definition) is 1. The number of thiazole rings is 1. The van der Waals surface area contributed by atoms with Crippen molar-refractivity contribution >= 4 is 50.3 Å². The van der Waals surface area contributed by atoms with Crippen LogP contribution in [0, 0.1) is 6.92 Å². The summed E-state index contributed by atoms with van der Waals surface area (Å²) in [5, 5.41) is 4.23. The van der Waals surface area contributed by atoms with E-state index in [1.165, 1.54) is 11.3 Å². The summed E-state index contributed by atoms with van der Waals surface area (Å²) in [5.74, 6) is -0.292. The molecule has 1 aromatic carbocycles. The summed E-state index contributed by atoms with van der Waals surface area (Å²) in [6, 6.07) is 4.80. The van der Waals surface area contributed by atoms with E-state index in [4.69, 9.17) is 23.2 Å². The van der Waals surface area contributed by atoms with Gasteiger partial charge >= 0.3 is 0 Å². The average Bonchev–Trinajstić information content (AvgIpc) is 3.01. The predicted octanol–water partition coefficient (Wildman–Crippen LogP) is 3.34. The highest BCUT2D eigenvalue weighted by molar-refractivity contribution is 7.91. The summed E-state index contributed by atoms with van der Waals surface area (Å²) in [5.41, 5.74) is 0.867. The number of sulfone groups is 1. The van der Waals surface area contributed by atoms with E-state index < -0.39 is 9.84 Å². The number of benzene rings is 1. The van der Waals surface area contributed by atoms with Gasteiger partial charge in [-0.05, 0) is 25.5 Å². The highest BCUT2D eigenvalue weighted by Crippen LogP contribution is 2.37. The monoisotopic (exact) mass is 404 g/mol. The molecule has 0 aliphatic carbocycles. The van der Waals surface area contributed by atoms with Crippen LogP contribution in [0.5, 0.6) is 0 Å². The van der Waals surface area contributed by atoms with Crippen LogP contribution in [-0.2, 0) is 9.84 Å². The molecule has 0 spiro atoms. The van der Waals surface area contributed by atoms with Gasteiger partial charge in [0.05, 0.1) is 21.6 Å². The zero-order valence-electron chi connectivity index (χ0n) is 12.7. The fourth-order valence-electron chi connectivity index (χ4n) is 2.58. The van der Waals surface area contributed by atoms with E-state index in [9.17, 15) is 13.2 Å². The first-order valence-corrected chi connectivity index (χ1v) is 10.6. The third-order valence-corrected chi connectivity index (χ3v) is 7.14. The van der Waals surface area contributed by atoms with E-state index in [-0.39, 0.29) is 29.1 Å². The molecule has 0 radical (unpaired) electrons. The van der Waals surface area contributed by atoms with Gasteiger partial charge in [-0.2, -0.15) is 0 Å². The Bertz CT molecular complexity index is 889. The minimum Gasteiger partial charge on any atom is -0.347 e. The molecule has 1 amide bonds. The van der Waals surface area contributed by atoms with E-state index in [1.54, 1.807) is 25.1 Å².